The van der Waals surface area contributed by atoms with Crippen LogP contribution in [0.3, 0.4) is 0 Å². The second kappa shape index (κ2) is 9.25. The molecule has 4 aromatic rings. The van der Waals surface area contributed by atoms with Gasteiger partial charge >= 0.3 is 0 Å². The summed E-state index contributed by atoms with van der Waals surface area (Å²) in [4.78, 5) is 27.7. The van der Waals surface area contributed by atoms with Gasteiger partial charge in [-0.2, -0.15) is 0 Å². The summed E-state index contributed by atoms with van der Waals surface area (Å²) in [6, 6.07) is 16.2. The quantitative estimate of drug-likeness (QED) is 0.419. The second-order valence-corrected chi connectivity index (χ2v) is 6.95. The smallest absolute Gasteiger partial charge is 0.293 e. The highest BCUT2D eigenvalue weighted by molar-refractivity contribution is 6.01. The van der Waals surface area contributed by atoms with E-state index in [2.05, 4.69) is 15.4 Å². The fourth-order valence-electron chi connectivity index (χ4n) is 2.91. The number of Topliss-reactive ketones (excluding diaryl/α,β-unsaturated/α-hetero) is 1. The number of furan rings is 1. The molecule has 2 aromatic carbocycles. The first kappa shape index (κ1) is 21.0. The maximum atomic E-state index is 13.8. The normalized spacial score (nSPS) is 10.7. The third kappa shape index (κ3) is 5.07. The van der Waals surface area contributed by atoms with Crippen molar-refractivity contribution in [1.29, 1.82) is 0 Å². The van der Waals surface area contributed by atoms with Gasteiger partial charge in [-0.05, 0) is 49.4 Å². The Balaban J connectivity index is 1.32. The first-order valence-electron chi connectivity index (χ1n) is 9.74. The molecule has 0 fully saturated rings. The zero-order valence-electron chi connectivity index (χ0n) is 17.1. The van der Waals surface area contributed by atoms with E-state index in [-0.39, 0.29) is 36.5 Å². The molecule has 0 aliphatic rings. The summed E-state index contributed by atoms with van der Waals surface area (Å²) in [5, 5.41) is 6.67. The molecule has 8 nitrogen and oxygen atoms in total. The summed E-state index contributed by atoms with van der Waals surface area (Å²) in [5.74, 6) is 0.280. The van der Waals surface area contributed by atoms with Crippen LogP contribution in [0.1, 0.15) is 39.2 Å². The van der Waals surface area contributed by atoms with Crippen LogP contribution in [0.25, 0.3) is 0 Å². The number of aromatic nitrogens is 3. The van der Waals surface area contributed by atoms with E-state index >= 15 is 0 Å². The maximum Gasteiger partial charge on any atom is 0.293 e. The highest BCUT2D eigenvalue weighted by atomic mass is 19.1. The van der Waals surface area contributed by atoms with Gasteiger partial charge in [-0.15, -0.1) is 5.10 Å². The summed E-state index contributed by atoms with van der Waals surface area (Å²) in [6.45, 7) is 1.79. The number of carbonyl (C=O) groups excluding carboxylic acids is 2. The number of rotatable bonds is 8. The number of halogens is 1. The Labute approximate surface area is 182 Å². The zero-order chi connectivity index (χ0) is 22.5. The molecule has 0 unspecified atom stereocenters. The molecule has 32 heavy (non-hydrogen) atoms. The van der Waals surface area contributed by atoms with Crippen LogP contribution in [0.15, 0.2) is 71.4 Å². The summed E-state index contributed by atoms with van der Waals surface area (Å²) < 4.78 is 26.3. The van der Waals surface area contributed by atoms with Crippen LogP contribution in [0.5, 0.6) is 5.75 Å². The molecule has 0 aliphatic heterocycles. The Kier molecular flexibility index (Phi) is 6.07. The molecule has 4 rings (SSSR count). The Morgan fingerprint density at radius 2 is 1.88 bits per heavy atom. The van der Waals surface area contributed by atoms with Gasteiger partial charge in [0.1, 0.15) is 30.3 Å². The molecule has 0 atom stereocenters. The fourth-order valence-corrected chi connectivity index (χ4v) is 2.91. The van der Waals surface area contributed by atoms with E-state index in [0.717, 1.165) is 0 Å². The van der Waals surface area contributed by atoms with Crippen molar-refractivity contribution in [2.24, 2.45) is 0 Å². The van der Waals surface area contributed by atoms with Gasteiger partial charge in [-0.3, -0.25) is 14.9 Å². The predicted molar refractivity (Wildman–Crippen MR) is 113 cm³/mol. The van der Waals surface area contributed by atoms with Gasteiger partial charge in [0, 0.05) is 11.1 Å². The monoisotopic (exact) mass is 434 g/mol. The molecule has 1 amide bonds. The van der Waals surface area contributed by atoms with Crippen molar-refractivity contribution in [3.05, 3.63) is 95.5 Å². The van der Waals surface area contributed by atoms with E-state index in [1.165, 1.54) is 30.1 Å². The van der Waals surface area contributed by atoms with Gasteiger partial charge in [0.2, 0.25) is 5.95 Å². The first-order chi connectivity index (χ1) is 15.5. The summed E-state index contributed by atoms with van der Waals surface area (Å²) >= 11 is 0. The van der Waals surface area contributed by atoms with Crippen LogP contribution < -0.4 is 10.1 Å². The molecule has 0 spiro atoms. The third-order valence-corrected chi connectivity index (χ3v) is 4.58. The van der Waals surface area contributed by atoms with Crippen molar-refractivity contribution in [3.63, 3.8) is 0 Å². The number of carbonyl (C=O) groups is 2. The molecule has 1 N–H and O–H groups in total. The van der Waals surface area contributed by atoms with Gasteiger partial charge in [-0.25, -0.2) is 14.1 Å². The average molecular weight is 434 g/mol. The van der Waals surface area contributed by atoms with Crippen molar-refractivity contribution >= 4 is 17.6 Å². The molecule has 2 heterocycles. The second-order valence-electron chi connectivity index (χ2n) is 6.95. The lowest BCUT2D eigenvalue weighted by Gasteiger charge is -2.04. The fraction of sp³-hybridized carbons (Fsp3) is 0.130. The summed E-state index contributed by atoms with van der Waals surface area (Å²) in [5.41, 5.74) is 1.06. The largest absolute Gasteiger partial charge is 0.486 e. The molecule has 162 valence electrons. The molecule has 0 saturated heterocycles. The molecule has 2 aromatic heterocycles. The van der Waals surface area contributed by atoms with E-state index < -0.39 is 5.91 Å². The highest BCUT2D eigenvalue weighted by Crippen LogP contribution is 2.17. The number of nitrogens with one attached hydrogen (secondary N) is 1. The lowest BCUT2D eigenvalue weighted by atomic mass is 10.1. The van der Waals surface area contributed by atoms with Gasteiger partial charge in [0.05, 0.1) is 6.54 Å². The SMILES string of the molecule is CC(=O)c1ccc(OCc2ccc(C(=O)Nc3ncn(Cc4ccccc4F)n3)o2)cc1. The predicted octanol–water partition coefficient (Wildman–Crippen LogP) is 4.09. The van der Waals surface area contributed by atoms with Crippen LogP contribution >= 0.6 is 0 Å². The number of ketones is 1. The minimum Gasteiger partial charge on any atom is -0.486 e. The lowest BCUT2D eigenvalue weighted by molar-refractivity contribution is 0.0989. The zero-order valence-corrected chi connectivity index (χ0v) is 17.1. The highest BCUT2D eigenvalue weighted by Gasteiger charge is 2.14. The first-order valence-corrected chi connectivity index (χ1v) is 9.74. The molecule has 0 radical (unpaired) electrons. The van der Waals surface area contributed by atoms with Crippen LogP contribution in [0, 0.1) is 5.82 Å². The van der Waals surface area contributed by atoms with Crippen molar-refractivity contribution in [3.8, 4) is 5.75 Å². The Bertz CT molecular complexity index is 1250. The Morgan fingerprint density at radius 1 is 1.09 bits per heavy atom. The van der Waals surface area contributed by atoms with Crippen molar-refractivity contribution < 1.29 is 23.1 Å². The number of nitrogens with zero attached hydrogens (tertiary/aromatic N) is 3. The van der Waals surface area contributed by atoms with Gasteiger partial charge < -0.3 is 9.15 Å². The molecule has 0 aliphatic carbocycles. The van der Waals surface area contributed by atoms with Crippen molar-refractivity contribution in [1.82, 2.24) is 14.8 Å². The number of ether oxygens (including phenoxy) is 1. The number of hydrogen-bond acceptors (Lipinski definition) is 6. The van der Waals surface area contributed by atoms with Crippen LogP contribution in [-0.2, 0) is 13.2 Å². The van der Waals surface area contributed by atoms with Crippen LogP contribution in [-0.4, -0.2) is 26.5 Å². The average Bonchev–Trinajstić information content (AvgIpc) is 3.44. The number of anilines is 1. The molecule has 0 bridgehead atoms. The number of hydrogen-bond donors (Lipinski definition) is 1. The standard InChI is InChI=1S/C23H19FN4O4/c1-15(29)16-6-8-18(9-7-16)31-13-19-10-11-21(32-19)22(30)26-23-25-14-28(27-23)12-17-4-2-3-5-20(17)24/h2-11,14H,12-13H2,1H3,(H,26,27,30). The van der Waals surface area contributed by atoms with Crippen LogP contribution in [0.2, 0.25) is 0 Å². The molecular weight excluding hydrogens is 415 g/mol. The Hall–Kier alpha value is -4.27. The number of benzene rings is 2. The Morgan fingerprint density at radius 3 is 2.62 bits per heavy atom. The van der Waals surface area contributed by atoms with Crippen molar-refractivity contribution in [2.45, 2.75) is 20.1 Å². The maximum absolute atomic E-state index is 13.8. The lowest BCUT2D eigenvalue weighted by Crippen LogP contribution is -2.12. The summed E-state index contributed by atoms with van der Waals surface area (Å²) in [6.07, 6.45) is 1.40. The van der Waals surface area contributed by atoms with Crippen LogP contribution in [0.4, 0.5) is 10.3 Å². The summed E-state index contributed by atoms with van der Waals surface area (Å²) in [7, 11) is 0. The third-order valence-electron chi connectivity index (χ3n) is 4.58. The van der Waals surface area contributed by atoms with E-state index in [4.69, 9.17) is 9.15 Å². The molecule has 9 heteroatoms. The van der Waals surface area contributed by atoms with E-state index in [0.29, 0.717) is 22.6 Å². The minimum absolute atomic E-state index is 0.0233. The van der Waals surface area contributed by atoms with Gasteiger partial charge in [0.25, 0.3) is 5.91 Å². The van der Waals surface area contributed by atoms with Crippen molar-refractivity contribution in [2.75, 3.05) is 5.32 Å². The number of amides is 1. The van der Waals surface area contributed by atoms with E-state index in [1.807, 2.05) is 0 Å². The molecule has 0 saturated carbocycles. The van der Waals surface area contributed by atoms with E-state index in [9.17, 15) is 14.0 Å². The minimum atomic E-state index is -0.522. The topological polar surface area (TPSA) is 99.2 Å². The van der Waals surface area contributed by atoms with Gasteiger partial charge in [-0.1, -0.05) is 18.2 Å². The van der Waals surface area contributed by atoms with Gasteiger partial charge in [0.15, 0.2) is 11.5 Å². The van der Waals surface area contributed by atoms with E-state index in [1.54, 1.807) is 48.5 Å². The molecular formula is C23H19FN4O4.